The first kappa shape index (κ1) is 31.6. The number of amides is 3. The van der Waals surface area contributed by atoms with Gasteiger partial charge in [-0.2, -0.15) is 0 Å². The number of hydroxylamine groups is 6. The molecule has 10 heteroatoms. The Bertz CT molecular complexity index is 306. The maximum Gasteiger partial charge on any atom is 0.242 e. The summed E-state index contributed by atoms with van der Waals surface area (Å²) in [6.45, 7) is 10.9. The van der Waals surface area contributed by atoms with Crippen LogP contribution in [0.25, 0.3) is 0 Å². The second-order valence-electron chi connectivity index (χ2n) is 4.93. The number of hydrogen-bond donors (Lipinski definition) is 3. The molecule has 0 aromatic carbocycles. The summed E-state index contributed by atoms with van der Waals surface area (Å²) in [4.78, 5) is 30.6. The van der Waals surface area contributed by atoms with Crippen LogP contribution in [-0.2, 0) is 31.5 Å². The van der Waals surface area contributed by atoms with Crippen LogP contribution in [0.4, 0.5) is 0 Å². The van der Waals surface area contributed by atoms with E-state index in [1.807, 2.05) is 20.8 Å². The number of carbonyl (C=O) groups excluding carboxylic acids is 3. The van der Waals surface area contributed by atoms with Crippen molar-refractivity contribution in [1.82, 2.24) is 15.2 Å². The molecule has 25 heavy (non-hydrogen) atoms. The van der Waals surface area contributed by atoms with Crippen LogP contribution in [0.15, 0.2) is 0 Å². The number of nitrogens with zero attached hydrogens (tertiary/aromatic N) is 3. The van der Waals surface area contributed by atoms with Gasteiger partial charge < -0.3 is 0 Å². The van der Waals surface area contributed by atoms with Gasteiger partial charge in [-0.15, -0.1) is 0 Å². The molecule has 9 nitrogen and oxygen atoms in total. The Morgan fingerprint density at radius 3 is 0.800 bits per heavy atom. The second kappa shape index (κ2) is 20.9. The molecular formula is C15H33FeN3O6. The van der Waals surface area contributed by atoms with Crippen LogP contribution < -0.4 is 0 Å². The number of rotatable bonds is 6. The van der Waals surface area contributed by atoms with Crippen LogP contribution in [-0.4, -0.2) is 68.2 Å². The van der Waals surface area contributed by atoms with Crippen molar-refractivity contribution >= 4 is 17.7 Å². The standard InChI is InChI=1S/3C5H11NO2.Fe/c3*1-3-4-6(8)5(2)7;/h3*8H,3-4H2,1-2H3;. The van der Waals surface area contributed by atoms with Crippen LogP contribution >= 0.6 is 0 Å². The first-order valence-electron chi connectivity index (χ1n) is 7.95. The van der Waals surface area contributed by atoms with E-state index in [1.54, 1.807) is 0 Å². The minimum Gasteiger partial charge on any atom is -0.286 e. The Kier molecular flexibility index (Phi) is 26.3. The summed E-state index contributed by atoms with van der Waals surface area (Å²) in [5.41, 5.74) is 0. The van der Waals surface area contributed by atoms with Gasteiger partial charge in [0.25, 0.3) is 0 Å². The van der Waals surface area contributed by atoms with Gasteiger partial charge in [0.05, 0.1) is 0 Å². The van der Waals surface area contributed by atoms with Crippen LogP contribution in [0.1, 0.15) is 60.8 Å². The Morgan fingerprint density at radius 2 is 0.760 bits per heavy atom. The smallest absolute Gasteiger partial charge is 0.242 e. The first-order chi connectivity index (χ1) is 11.0. The molecule has 0 atom stereocenters. The fraction of sp³-hybridized carbons (Fsp3) is 0.800. The third-order valence-electron chi connectivity index (χ3n) is 2.40. The molecule has 0 aliphatic heterocycles. The van der Waals surface area contributed by atoms with E-state index in [1.165, 1.54) is 20.8 Å². The predicted molar refractivity (Wildman–Crippen MR) is 88.4 cm³/mol. The normalized spacial score (nSPS) is 8.52. The van der Waals surface area contributed by atoms with Crippen molar-refractivity contribution in [2.24, 2.45) is 0 Å². The van der Waals surface area contributed by atoms with Crippen molar-refractivity contribution in [3.05, 3.63) is 0 Å². The largest absolute Gasteiger partial charge is 0.286 e. The molecule has 0 saturated carbocycles. The van der Waals surface area contributed by atoms with E-state index in [0.29, 0.717) is 34.8 Å². The van der Waals surface area contributed by atoms with Gasteiger partial charge in [0.15, 0.2) is 0 Å². The molecule has 0 aliphatic carbocycles. The van der Waals surface area contributed by atoms with Crippen LogP contribution in [0.2, 0.25) is 0 Å². The average molecular weight is 407 g/mol. The zero-order valence-corrected chi connectivity index (χ0v) is 17.1. The Hall–Kier alpha value is -1.19. The molecule has 0 unspecified atom stereocenters. The van der Waals surface area contributed by atoms with E-state index in [9.17, 15) is 14.4 Å². The second-order valence-corrected chi connectivity index (χ2v) is 4.93. The van der Waals surface area contributed by atoms with Crippen molar-refractivity contribution < 1.29 is 47.1 Å². The third-order valence-corrected chi connectivity index (χ3v) is 2.40. The van der Waals surface area contributed by atoms with Crippen molar-refractivity contribution in [1.29, 1.82) is 0 Å². The van der Waals surface area contributed by atoms with E-state index < -0.39 is 0 Å². The Balaban J connectivity index is -0.000000130. The van der Waals surface area contributed by atoms with Gasteiger partial charge in [0.2, 0.25) is 17.7 Å². The predicted octanol–water partition coefficient (Wildman–Crippen LogP) is 1.90. The molecule has 0 aliphatic rings. The average Bonchev–Trinajstić information content (AvgIpc) is 2.49. The maximum atomic E-state index is 10.2. The molecule has 0 aromatic heterocycles. The molecule has 0 bridgehead atoms. The summed E-state index contributed by atoms with van der Waals surface area (Å²) in [6, 6.07) is 0. The van der Waals surface area contributed by atoms with Crippen molar-refractivity contribution in [2.45, 2.75) is 60.8 Å². The van der Waals surface area contributed by atoms with Crippen molar-refractivity contribution in [2.75, 3.05) is 19.6 Å². The Labute approximate surface area is 160 Å². The summed E-state index contributed by atoms with van der Waals surface area (Å²) in [7, 11) is 0. The number of hydrogen-bond acceptors (Lipinski definition) is 6. The van der Waals surface area contributed by atoms with Gasteiger partial charge in [-0.1, -0.05) is 20.8 Å². The SMILES string of the molecule is CCCN(O)C(C)=O.CCCN(O)C(C)=O.CCCN(O)C(C)=O.[Fe]. The van der Waals surface area contributed by atoms with Gasteiger partial charge in [-0.25, -0.2) is 15.2 Å². The molecule has 0 rings (SSSR count). The molecule has 0 radical (unpaired) electrons. The van der Waals surface area contributed by atoms with Crippen molar-refractivity contribution in [3.8, 4) is 0 Å². The first-order valence-corrected chi connectivity index (χ1v) is 7.95. The summed E-state index contributed by atoms with van der Waals surface area (Å²) in [6.07, 6.45) is 2.36. The number of carbonyl (C=O) groups is 3. The van der Waals surface area contributed by atoms with E-state index in [-0.39, 0.29) is 34.8 Å². The molecule has 0 fully saturated rings. The molecular weight excluding hydrogens is 374 g/mol. The molecule has 0 heterocycles. The molecule has 152 valence electrons. The van der Waals surface area contributed by atoms with Gasteiger partial charge in [-0.3, -0.25) is 30.0 Å². The molecule has 3 N–H and O–H groups in total. The van der Waals surface area contributed by atoms with Gasteiger partial charge in [0.1, 0.15) is 0 Å². The van der Waals surface area contributed by atoms with E-state index in [4.69, 9.17) is 15.6 Å². The molecule has 0 aromatic rings. The molecule has 0 saturated heterocycles. The molecule has 0 spiro atoms. The van der Waals surface area contributed by atoms with E-state index in [2.05, 4.69) is 0 Å². The Morgan fingerprint density at radius 1 is 0.600 bits per heavy atom. The quantitative estimate of drug-likeness (QED) is 0.351. The zero-order valence-electron chi connectivity index (χ0n) is 16.0. The van der Waals surface area contributed by atoms with E-state index >= 15 is 0 Å². The fourth-order valence-corrected chi connectivity index (χ4v) is 1.11. The maximum absolute atomic E-state index is 10.2. The summed E-state index contributed by atoms with van der Waals surface area (Å²) in [5, 5.41) is 28.0. The monoisotopic (exact) mass is 407 g/mol. The van der Waals surface area contributed by atoms with Gasteiger partial charge in [0, 0.05) is 57.5 Å². The van der Waals surface area contributed by atoms with Crippen molar-refractivity contribution in [3.63, 3.8) is 0 Å². The molecule has 3 amide bonds. The van der Waals surface area contributed by atoms with Gasteiger partial charge in [-0.05, 0) is 19.3 Å². The van der Waals surface area contributed by atoms with Crippen LogP contribution in [0, 0.1) is 0 Å². The summed E-state index contributed by atoms with van der Waals surface area (Å²) >= 11 is 0. The zero-order chi connectivity index (χ0) is 19.7. The fourth-order valence-electron chi connectivity index (χ4n) is 1.11. The summed E-state index contributed by atoms with van der Waals surface area (Å²) < 4.78 is 0. The minimum absolute atomic E-state index is 0. The topological polar surface area (TPSA) is 122 Å². The minimum atomic E-state index is -0.299. The third kappa shape index (κ3) is 25.2. The van der Waals surface area contributed by atoms with E-state index in [0.717, 1.165) is 19.3 Å². The van der Waals surface area contributed by atoms with Crippen LogP contribution in [0.5, 0.6) is 0 Å². The summed E-state index contributed by atoms with van der Waals surface area (Å²) in [5.74, 6) is -0.898. The van der Waals surface area contributed by atoms with Gasteiger partial charge >= 0.3 is 0 Å². The van der Waals surface area contributed by atoms with Crippen LogP contribution in [0.3, 0.4) is 0 Å².